The van der Waals surface area contributed by atoms with Crippen LogP contribution in [0.2, 0.25) is 0 Å². The molecule has 0 atom stereocenters. The first-order chi connectivity index (χ1) is 9.17. The first kappa shape index (κ1) is 13.1. The predicted octanol–water partition coefficient (Wildman–Crippen LogP) is 3.62. The van der Waals surface area contributed by atoms with Gasteiger partial charge in [-0.2, -0.15) is 0 Å². The lowest BCUT2D eigenvalue weighted by atomic mass is 9.96. The van der Waals surface area contributed by atoms with Crippen LogP contribution in [-0.2, 0) is 6.42 Å². The van der Waals surface area contributed by atoms with Gasteiger partial charge in [-0.25, -0.2) is 4.79 Å². The van der Waals surface area contributed by atoms with Crippen LogP contribution in [-0.4, -0.2) is 18.2 Å². The number of carboxylic acid groups (broad SMARTS) is 1. The Morgan fingerprint density at radius 3 is 2.53 bits per heavy atom. The fourth-order valence-electron chi connectivity index (χ4n) is 2.14. The molecule has 19 heavy (non-hydrogen) atoms. The number of carbonyl (C=O) groups is 1. The van der Waals surface area contributed by atoms with E-state index in [4.69, 9.17) is 9.84 Å². The molecule has 0 saturated carbocycles. The van der Waals surface area contributed by atoms with E-state index in [9.17, 15) is 4.79 Å². The quantitative estimate of drug-likeness (QED) is 0.908. The number of hydrogen-bond acceptors (Lipinski definition) is 2. The molecule has 0 radical (unpaired) electrons. The van der Waals surface area contributed by atoms with Crippen LogP contribution >= 0.6 is 0 Å². The third-order valence-corrected chi connectivity index (χ3v) is 3.13. The lowest BCUT2D eigenvalue weighted by Crippen LogP contribution is -1.99. The summed E-state index contributed by atoms with van der Waals surface area (Å²) >= 11 is 0. The number of benzene rings is 2. The number of ether oxygens (including phenoxy) is 1. The number of carboxylic acids is 1. The van der Waals surface area contributed by atoms with E-state index in [1.54, 1.807) is 25.3 Å². The molecule has 2 rings (SSSR count). The fraction of sp³-hybridized carbons (Fsp3) is 0.188. The molecule has 0 fully saturated rings. The van der Waals surface area contributed by atoms with Crippen LogP contribution < -0.4 is 4.74 Å². The van der Waals surface area contributed by atoms with E-state index in [-0.39, 0.29) is 5.56 Å². The molecule has 0 saturated heterocycles. The van der Waals surface area contributed by atoms with Crippen molar-refractivity contribution < 1.29 is 14.6 Å². The summed E-state index contributed by atoms with van der Waals surface area (Å²) < 4.78 is 5.34. The Morgan fingerprint density at radius 2 is 1.89 bits per heavy atom. The van der Waals surface area contributed by atoms with Crippen molar-refractivity contribution in [3.63, 3.8) is 0 Å². The van der Waals surface area contributed by atoms with Crippen LogP contribution in [0.4, 0.5) is 0 Å². The molecule has 2 aromatic rings. The Kier molecular flexibility index (Phi) is 3.85. The van der Waals surface area contributed by atoms with E-state index in [0.29, 0.717) is 5.75 Å². The van der Waals surface area contributed by atoms with Gasteiger partial charge >= 0.3 is 5.97 Å². The van der Waals surface area contributed by atoms with Gasteiger partial charge in [0.25, 0.3) is 0 Å². The van der Waals surface area contributed by atoms with Gasteiger partial charge < -0.3 is 9.84 Å². The van der Waals surface area contributed by atoms with Crippen LogP contribution in [0.25, 0.3) is 11.1 Å². The zero-order valence-corrected chi connectivity index (χ0v) is 11.0. The van der Waals surface area contributed by atoms with Gasteiger partial charge in [0.2, 0.25) is 0 Å². The third kappa shape index (κ3) is 2.60. The van der Waals surface area contributed by atoms with Gasteiger partial charge in [0.1, 0.15) is 5.75 Å². The van der Waals surface area contributed by atoms with Gasteiger partial charge in [-0.15, -0.1) is 0 Å². The smallest absolute Gasteiger partial charge is 0.335 e. The second-order valence-electron chi connectivity index (χ2n) is 4.23. The highest BCUT2D eigenvalue weighted by Crippen LogP contribution is 2.33. The number of hydrogen-bond donors (Lipinski definition) is 1. The second-order valence-corrected chi connectivity index (χ2v) is 4.23. The maximum absolute atomic E-state index is 11.1. The van der Waals surface area contributed by atoms with Gasteiger partial charge in [0, 0.05) is 5.56 Å². The number of aryl methyl sites for hydroxylation is 1. The number of methoxy groups -OCH3 is 1. The monoisotopic (exact) mass is 256 g/mol. The fourth-order valence-corrected chi connectivity index (χ4v) is 2.14. The van der Waals surface area contributed by atoms with Crippen molar-refractivity contribution in [3.05, 3.63) is 53.6 Å². The average molecular weight is 256 g/mol. The average Bonchev–Trinajstić information content (AvgIpc) is 2.46. The lowest BCUT2D eigenvalue weighted by Gasteiger charge is -2.13. The van der Waals surface area contributed by atoms with Crippen molar-refractivity contribution in [1.29, 1.82) is 0 Å². The second kappa shape index (κ2) is 5.57. The lowest BCUT2D eigenvalue weighted by molar-refractivity contribution is 0.0697. The number of rotatable bonds is 4. The third-order valence-electron chi connectivity index (χ3n) is 3.13. The van der Waals surface area contributed by atoms with E-state index in [2.05, 4.69) is 6.92 Å². The number of aromatic carboxylic acids is 1. The minimum absolute atomic E-state index is 0.265. The van der Waals surface area contributed by atoms with Gasteiger partial charge in [-0.3, -0.25) is 0 Å². The Morgan fingerprint density at radius 1 is 1.16 bits per heavy atom. The molecule has 1 N–H and O–H groups in total. The molecule has 0 bridgehead atoms. The summed E-state index contributed by atoms with van der Waals surface area (Å²) in [5.74, 6) is -0.246. The molecule has 0 aliphatic carbocycles. The molecule has 0 heterocycles. The Balaban J connectivity index is 2.65. The molecule has 0 amide bonds. The molecule has 0 aliphatic heterocycles. The first-order valence-corrected chi connectivity index (χ1v) is 6.17. The van der Waals surface area contributed by atoms with E-state index in [1.165, 1.54) is 5.56 Å². The van der Waals surface area contributed by atoms with Crippen molar-refractivity contribution in [2.24, 2.45) is 0 Å². The molecule has 3 heteroatoms. The highest BCUT2D eigenvalue weighted by molar-refractivity contribution is 5.90. The standard InChI is InChI=1S/C16H16O3/c1-3-11-6-4-5-7-13(11)14-10-12(16(17)18)8-9-15(14)19-2/h4-10H,3H2,1-2H3,(H,17,18). The minimum atomic E-state index is -0.933. The molecule has 0 aromatic heterocycles. The molecule has 0 unspecified atom stereocenters. The van der Waals surface area contributed by atoms with E-state index in [1.807, 2.05) is 24.3 Å². The molecular weight excluding hydrogens is 240 g/mol. The minimum Gasteiger partial charge on any atom is -0.496 e. The van der Waals surface area contributed by atoms with Crippen molar-refractivity contribution in [3.8, 4) is 16.9 Å². The van der Waals surface area contributed by atoms with E-state index >= 15 is 0 Å². The Hall–Kier alpha value is -2.29. The summed E-state index contributed by atoms with van der Waals surface area (Å²) in [5.41, 5.74) is 3.27. The molecule has 0 spiro atoms. The van der Waals surface area contributed by atoms with Crippen LogP contribution in [0.3, 0.4) is 0 Å². The first-order valence-electron chi connectivity index (χ1n) is 6.17. The van der Waals surface area contributed by atoms with Crippen molar-refractivity contribution in [2.45, 2.75) is 13.3 Å². The van der Waals surface area contributed by atoms with Crippen molar-refractivity contribution in [2.75, 3.05) is 7.11 Å². The van der Waals surface area contributed by atoms with Gasteiger partial charge in [0.05, 0.1) is 12.7 Å². The van der Waals surface area contributed by atoms with Crippen LogP contribution in [0.5, 0.6) is 5.75 Å². The Bertz CT molecular complexity index is 603. The molecule has 2 aromatic carbocycles. The maximum atomic E-state index is 11.1. The Labute approximate surface area is 112 Å². The topological polar surface area (TPSA) is 46.5 Å². The summed E-state index contributed by atoms with van der Waals surface area (Å²) in [6.45, 7) is 2.08. The normalized spacial score (nSPS) is 10.2. The summed E-state index contributed by atoms with van der Waals surface area (Å²) in [5, 5.41) is 9.11. The van der Waals surface area contributed by atoms with Crippen LogP contribution in [0.15, 0.2) is 42.5 Å². The molecular formula is C16H16O3. The van der Waals surface area contributed by atoms with Crippen molar-refractivity contribution >= 4 is 5.97 Å². The zero-order chi connectivity index (χ0) is 13.8. The van der Waals surface area contributed by atoms with Crippen LogP contribution in [0.1, 0.15) is 22.8 Å². The largest absolute Gasteiger partial charge is 0.496 e. The van der Waals surface area contributed by atoms with Crippen LogP contribution in [0, 0.1) is 0 Å². The SMILES string of the molecule is CCc1ccccc1-c1cc(C(=O)O)ccc1OC. The molecule has 98 valence electrons. The summed E-state index contributed by atoms with van der Waals surface area (Å²) in [4.78, 5) is 11.1. The van der Waals surface area contributed by atoms with Gasteiger partial charge in [-0.1, -0.05) is 31.2 Å². The van der Waals surface area contributed by atoms with E-state index in [0.717, 1.165) is 17.5 Å². The van der Waals surface area contributed by atoms with Gasteiger partial charge in [-0.05, 0) is 35.7 Å². The predicted molar refractivity (Wildman–Crippen MR) is 74.8 cm³/mol. The highest BCUT2D eigenvalue weighted by atomic mass is 16.5. The summed E-state index contributed by atoms with van der Waals surface area (Å²) in [6.07, 6.45) is 0.886. The molecule has 3 nitrogen and oxygen atoms in total. The highest BCUT2D eigenvalue weighted by Gasteiger charge is 2.12. The molecule has 0 aliphatic rings. The van der Waals surface area contributed by atoms with Gasteiger partial charge in [0.15, 0.2) is 0 Å². The zero-order valence-electron chi connectivity index (χ0n) is 11.0. The van der Waals surface area contributed by atoms with Crippen molar-refractivity contribution in [1.82, 2.24) is 0 Å². The summed E-state index contributed by atoms with van der Waals surface area (Å²) in [6, 6.07) is 12.9. The maximum Gasteiger partial charge on any atom is 0.335 e. The van der Waals surface area contributed by atoms with E-state index < -0.39 is 5.97 Å². The summed E-state index contributed by atoms with van der Waals surface area (Å²) in [7, 11) is 1.59.